The summed E-state index contributed by atoms with van der Waals surface area (Å²) >= 11 is 0. The first-order chi connectivity index (χ1) is 7.59. The highest BCUT2D eigenvalue weighted by Gasteiger charge is 2.04. The van der Waals surface area contributed by atoms with E-state index in [0.717, 1.165) is 5.56 Å². The van der Waals surface area contributed by atoms with E-state index in [1.165, 1.54) is 6.08 Å². The molecule has 0 radical (unpaired) electrons. The van der Waals surface area contributed by atoms with Gasteiger partial charge in [-0.3, -0.25) is 0 Å². The fraction of sp³-hybridized carbons (Fsp3) is 0. The molecule has 82 valence electrons. The van der Waals surface area contributed by atoms with Crippen molar-refractivity contribution in [2.45, 2.75) is 0 Å². The first-order valence-electron chi connectivity index (χ1n) is 4.50. The molecule has 0 aromatic heterocycles. The van der Waals surface area contributed by atoms with E-state index >= 15 is 0 Å². The van der Waals surface area contributed by atoms with Gasteiger partial charge in [-0.15, -0.1) is 0 Å². The van der Waals surface area contributed by atoms with Crippen molar-refractivity contribution in [3.05, 3.63) is 53.6 Å². The molecule has 1 aromatic rings. The van der Waals surface area contributed by atoms with Crippen molar-refractivity contribution in [3.8, 4) is 0 Å². The van der Waals surface area contributed by atoms with Gasteiger partial charge in [0.05, 0.1) is 5.57 Å². The van der Waals surface area contributed by atoms with E-state index in [4.69, 9.17) is 10.2 Å². The lowest BCUT2D eigenvalue weighted by molar-refractivity contribution is -0.134. The van der Waals surface area contributed by atoms with Crippen LogP contribution in [0.1, 0.15) is 5.56 Å². The summed E-state index contributed by atoms with van der Waals surface area (Å²) in [4.78, 5) is 21.0. The van der Waals surface area contributed by atoms with Gasteiger partial charge in [0.25, 0.3) is 0 Å². The predicted octanol–water partition coefficient (Wildman–Crippen LogP) is 1.80. The Balaban J connectivity index is 2.89. The summed E-state index contributed by atoms with van der Waals surface area (Å²) in [6.45, 7) is 0. The number of carbonyl (C=O) groups is 2. The molecule has 0 fully saturated rings. The summed E-state index contributed by atoms with van der Waals surface area (Å²) in [6, 6.07) is 9.03. The minimum atomic E-state index is -1.28. The number of carboxylic acids is 2. The molecule has 0 bridgehead atoms. The third-order valence-electron chi connectivity index (χ3n) is 1.78. The highest BCUT2D eigenvalue weighted by atomic mass is 16.4. The molecular formula is C12H10O4. The van der Waals surface area contributed by atoms with E-state index in [1.54, 1.807) is 30.3 Å². The van der Waals surface area contributed by atoms with Crippen molar-refractivity contribution in [2.75, 3.05) is 0 Å². The van der Waals surface area contributed by atoms with Crippen LogP contribution in [0.2, 0.25) is 0 Å². The monoisotopic (exact) mass is 218 g/mol. The molecule has 0 unspecified atom stereocenters. The lowest BCUT2D eigenvalue weighted by atomic mass is 10.1. The van der Waals surface area contributed by atoms with Crippen LogP contribution in [0.3, 0.4) is 0 Å². The smallest absolute Gasteiger partial charge is 0.335 e. The second-order valence-electron chi connectivity index (χ2n) is 2.99. The molecule has 2 N–H and O–H groups in total. The van der Waals surface area contributed by atoms with E-state index < -0.39 is 11.9 Å². The van der Waals surface area contributed by atoms with Gasteiger partial charge in [-0.05, 0) is 11.6 Å². The Morgan fingerprint density at radius 2 is 1.69 bits per heavy atom. The number of benzene rings is 1. The van der Waals surface area contributed by atoms with Gasteiger partial charge in [-0.2, -0.15) is 0 Å². The minimum Gasteiger partial charge on any atom is -0.478 e. The Morgan fingerprint density at radius 1 is 1.06 bits per heavy atom. The summed E-state index contributed by atoms with van der Waals surface area (Å²) < 4.78 is 0. The Bertz CT molecular complexity index is 443. The third-order valence-corrected chi connectivity index (χ3v) is 1.78. The summed E-state index contributed by atoms with van der Waals surface area (Å²) in [6.07, 6.45) is 3.45. The predicted molar refractivity (Wildman–Crippen MR) is 58.8 cm³/mol. The molecular weight excluding hydrogens is 208 g/mol. The molecule has 0 spiro atoms. The Hall–Kier alpha value is -2.36. The topological polar surface area (TPSA) is 74.6 Å². The van der Waals surface area contributed by atoms with Crippen LogP contribution in [-0.4, -0.2) is 22.2 Å². The molecule has 1 aromatic carbocycles. The van der Waals surface area contributed by atoms with Gasteiger partial charge in [0.2, 0.25) is 0 Å². The summed E-state index contributed by atoms with van der Waals surface area (Å²) in [5, 5.41) is 17.2. The Kier molecular flexibility index (Phi) is 4.03. The zero-order chi connectivity index (χ0) is 12.0. The maximum Gasteiger partial charge on any atom is 0.335 e. The quantitative estimate of drug-likeness (QED) is 0.596. The van der Waals surface area contributed by atoms with Crippen LogP contribution in [0, 0.1) is 0 Å². The fourth-order valence-electron chi connectivity index (χ4n) is 1.06. The highest BCUT2D eigenvalue weighted by molar-refractivity contribution is 5.97. The lowest BCUT2D eigenvalue weighted by Crippen LogP contribution is -2.01. The van der Waals surface area contributed by atoms with Gasteiger partial charge in [0.1, 0.15) is 0 Å². The average Bonchev–Trinajstić information content (AvgIpc) is 2.25. The van der Waals surface area contributed by atoms with Crippen molar-refractivity contribution in [1.82, 2.24) is 0 Å². The Morgan fingerprint density at radius 3 is 2.19 bits per heavy atom. The van der Waals surface area contributed by atoms with E-state index in [1.807, 2.05) is 6.07 Å². The summed E-state index contributed by atoms with van der Waals surface area (Å²) in [5.41, 5.74) is 0.538. The van der Waals surface area contributed by atoms with E-state index in [-0.39, 0.29) is 5.57 Å². The molecule has 0 aliphatic rings. The molecule has 16 heavy (non-hydrogen) atoms. The lowest BCUT2D eigenvalue weighted by Gasteiger charge is -1.94. The maximum atomic E-state index is 10.7. The number of hydrogen-bond donors (Lipinski definition) is 2. The van der Waals surface area contributed by atoms with Crippen LogP contribution in [0.15, 0.2) is 48.1 Å². The molecule has 0 amide bonds. The van der Waals surface area contributed by atoms with Crippen molar-refractivity contribution in [2.24, 2.45) is 0 Å². The molecule has 0 aliphatic carbocycles. The van der Waals surface area contributed by atoms with E-state index in [2.05, 4.69) is 0 Å². The van der Waals surface area contributed by atoms with Crippen LogP contribution < -0.4 is 0 Å². The summed E-state index contributed by atoms with van der Waals surface area (Å²) in [7, 11) is 0. The standard InChI is InChI=1S/C12H10O4/c13-11(14)8-10(12(15)16)7-6-9-4-2-1-3-5-9/h1-8H,(H,13,14)(H,15,16)/b7-6+,10-8-. The van der Waals surface area contributed by atoms with E-state index in [9.17, 15) is 9.59 Å². The van der Waals surface area contributed by atoms with Gasteiger partial charge in [0.15, 0.2) is 0 Å². The number of rotatable bonds is 4. The molecule has 0 saturated heterocycles. The van der Waals surface area contributed by atoms with Crippen LogP contribution in [0.25, 0.3) is 6.08 Å². The van der Waals surface area contributed by atoms with Crippen molar-refractivity contribution >= 4 is 18.0 Å². The highest BCUT2D eigenvalue weighted by Crippen LogP contribution is 2.05. The molecule has 0 saturated carbocycles. The van der Waals surface area contributed by atoms with Gasteiger partial charge in [-0.1, -0.05) is 36.4 Å². The van der Waals surface area contributed by atoms with Crippen LogP contribution in [-0.2, 0) is 9.59 Å². The zero-order valence-corrected chi connectivity index (χ0v) is 8.33. The van der Waals surface area contributed by atoms with Gasteiger partial charge < -0.3 is 10.2 Å². The molecule has 4 nitrogen and oxygen atoms in total. The van der Waals surface area contributed by atoms with Gasteiger partial charge >= 0.3 is 11.9 Å². The largest absolute Gasteiger partial charge is 0.478 e. The SMILES string of the molecule is O=C(O)/C=C(/C=C/c1ccccc1)C(=O)O. The van der Waals surface area contributed by atoms with Crippen LogP contribution in [0.5, 0.6) is 0 Å². The average molecular weight is 218 g/mol. The second kappa shape index (κ2) is 5.50. The van der Waals surface area contributed by atoms with Crippen molar-refractivity contribution in [3.63, 3.8) is 0 Å². The molecule has 0 heterocycles. The first-order valence-corrected chi connectivity index (χ1v) is 4.50. The van der Waals surface area contributed by atoms with Crippen LogP contribution >= 0.6 is 0 Å². The van der Waals surface area contributed by atoms with Gasteiger partial charge in [-0.25, -0.2) is 9.59 Å². The number of carboxylic acid groups (broad SMARTS) is 2. The first kappa shape index (κ1) is 11.7. The Labute approximate surface area is 92.2 Å². The third kappa shape index (κ3) is 3.79. The van der Waals surface area contributed by atoms with Crippen molar-refractivity contribution in [1.29, 1.82) is 0 Å². The summed E-state index contributed by atoms with van der Waals surface area (Å²) in [5.74, 6) is -2.55. The van der Waals surface area contributed by atoms with Crippen molar-refractivity contribution < 1.29 is 19.8 Å². The van der Waals surface area contributed by atoms with Crippen LogP contribution in [0.4, 0.5) is 0 Å². The normalized spacial score (nSPS) is 11.6. The van der Waals surface area contributed by atoms with Gasteiger partial charge in [0, 0.05) is 6.08 Å². The molecule has 4 heteroatoms. The van der Waals surface area contributed by atoms with E-state index in [0.29, 0.717) is 6.08 Å². The molecule has 0 atom stereocenters. The number of aliphatic carboxylic acids is 2. The minimum absolute atomic E-state index is 0.267. The maximum absolute atomic E-state index is 10.7. The number of hydrogen-bond acceptors (Lipinski definition) is 2. The molecule has 0 aliphatic heterocycles. The zero-order valence-electron chi connectivity index (χ0n) is 8.33. The second-order valence-corrected chi connectivity index (χ2v) is 2.99. The fourth-order valence-corrected chi connectivity index (χ4v) is 1.06. The molecule has 1 rings (SSSR count).